The average molecular weight is 561 g/mol. The van der Waals surface area contributed by atoms with E-state index in [9.17, 15) is 12.8 Å². The number of hydrogen-bond acceptors (Lipinski definition) is 7. The Bertz CT molecular complexity index is 1330. The Labute approximate surface area is 230 Å². The number of hydrazine groups is 2. The van der Waals surface area contributed by atoms with Crippen LogP contribution in [-0.4, -0.2) is 56.2 Å². The maximum atomic E-state index is 15.4. The van der Waals surface area contributed by atoms with Crippen molar-refractivity contribution < 1.29 is 17.2 Å². The van der Waals surface area contributed by atoms with E-state index in [2.05, 4.69) is 50.6 Å². The molecule has 1 saturated carbocycles. The van der Waals surface area contributed by atoms with E-state index in [4.69, 9.17) is 0 Å². The summed E-state index contributed by atoms with van der Waals surface area (Å²) in [6, 6.07) is 2.14. The summed E-state index contributed by atoms with van der Waals surface area (Å²) in [7, 11) is -3.80. The third-order valence-corrected chi connectivity index (χ3v) is 9.45. The molecule has 2 aliphatic heterocycles. The van der Waals surface area contributed by atoms with E-state index in [0.29, 0.717) is 5.70 Å². The molecule has 0 aromatic heterocycles. The molecule has 11 heteroatoms. The summed E-state index contributed by atoms with van der Waals surface area (Å²) >= 11 is 0. The van der Waals surface area contributed by atoms with E-state index in [1.54, 1.807) is 6.20 Å². The van der Waals surface area contributed by atoms with Crippen LogP contribution in [0.15, 0.2) is 59.1 Å². The highest BCUT2D eigenvalue weighted by Crippen LogP contribution is 2.33. The average Bonchev–Trinajstić information content (AvgIpc) is 3.65. The predicted octanol–water partition coefficient (Wildman–Crippen LogP) is 4.36. The molecule has 1 aromatic rings. The summed E-state index contributed by atoms with van der Waals surface area (Å²) in [5.74, 6) is -0.940. The lowest BCUT2D eigenvalue weighted by Gasteiger charge is -2.37. The SMILES string of the molecule is CCC1=CC(N2CCN(CC3CC3)CC2)=CC(C2=CN(c3c(F)ccc(NS(=O)(=O)C(C)C)c3F)NN2)=CC1. The monoisotopic (exact) mass is 560 g/mol. The van der Waals surface area contributed by atoms with Gasteiger partial charge in [0.05, 0.1) is 16.6 Å². The molecule has 2 heterocycles. The number of anilines is 2. The molecule has 0 atom stereocenters. The van der Waals surface area contributed by atoms with Crippen LogP contribution in [-0.2, 0) is 10.0 Å². The molecule has 0 spiro atoms. The maximum absolute atomic E-state index is 15.4. The van der Waals surface area contributed by atoms with Gasteiger partial charge in [-0.25, -0.2) is 17.2 Å². The van der Waals surface area contributed by atoms with Crippen molar-refractivity contribution >= 4 is 21.4 Å². The van der Waals surface area contributed by atoms with Crippen LogP contribution >= 0.6 is 0 Å². The molecular formula is C28H38F2N6O2S. The van der Waals surface area contributed by atoms with Gasteiger partial charge in [-0.1, -0.05) is 18.6 Å². The van der Waals surface area contributed by atoms with E-state index >= 15 is 4.39 Å². The minimum Gasteiger partial charge on any atom is -0.369 e. The van der Waals surface area contributed by atoms with E-state index in [-0.39, 0.29) is 5.69 Å². The first kappa shape index (κ1) is 27.7. The van der Waals surface area contributed by atoms with Gasteiger partial charge in [0.2, 0.25) is 10.0 Å². The molecule has 0 bridgehead atoms. The van der Waals surface area contributed by atoms with Gasteiger partial charge in [0.1, 0.15) is 5.69 Å². The van der Waals surface area contributed by atoms with Crippen LogP contribution in [0.4, 0.5) is 20.2 Å². The second-order valence-corrected chi connectivity index (χ2v) is 13.2. The van der Waals surface area contributed by atoms with E-state index in [0.717, 1.165) is 68.3 Å². The number of allylic oxidation sites excluding steroid dienone is 4. The van der Waals surface area contributed by atoms with Crippen molar-refractivity contribution in [2.24, 2.45) is 5.92 Å². The molecule has 8 nitrogen and oxygen atoms in total. The number of halogens is 2. The number of nitrogens with zero attached hydrogens (tertiary/aromatic N) is 3. The number of sulfonamides is 1. The van der Waals surface area contributed by atoms with Crippen LogP contribution in [0.25, 0.3) is 0 Å². The molecule has 39 heavy (non-hydrogen) atoms. The molecule has 1 saturated heterocycles. The second-order valence-electron chi connectivity index (χ2n) is 10.9. The van der Waals surface area contributed by atoms with Crippen LogP contribution in [0, 0.1) is 17.6 Å². The summed E-state index contributed by atoms with van der Waals surface area (Å²) in [6.07, 6.45) is 12.6. The van der Waals surface area contributed by atoms with Gasteiger partial charge in [0, 0.05) is 44.6 Å². The molecule has 212 valence electrons. The lowest BCUT2D eigenvalue weighted by Crippen LogP contribution is -2.46. The highest BCUT2D eigenvalue weighted by atomic mass is 32.2. The zero-order valence-corrected chi connectivity index (χ0v) is 23.6. The van der Waals surface area contributed by atoms with Gasteiger partial charge in [-0.2, -0.15) is 0 Å². The van der Waals surface area contributed by atoms with Crippen molar-refractivity contribution in [3.05, 3.63) is 70.7 Å². The molecule has 0 amide bonds. The normalized spacial score (nSPS) is 20.8. The Kier molecular flexibility index (Phi) is 8.02. The second kappa shape index (κ2) is 11.3. The molecule has 2 fully saturated rings. The zero-order valence-electron chi connectivity index (χ0n) is 22.8. The van der Waals surface area contributed by atoms with E-state index < -0.39 is 32.6 Å². The Balaban J connectivity index is 1.37. The van der Waals surface area contributed by atoms with Crippen LogP contribution in [0.2, 0.25) is 0 Å². The van der Waals surface area contributed by atoms with Crippen LogP contribution in [0.1, 0.15) is 46.5 Å². The summed E-state index contributed by atoms with van der Waals surface area (Å²) < 4.78 is 57.0. The summed E-state index contributed by atoms with van der Waals surface area (Å²) in [5.41, 5.74) is 9.18. The number of piperazine rings is 1. The minimum absolute atomic E-state index is 0.308. The summed E-state index contributed by atoms with van der Waals surface area (Å²) in [4.78, 5) is 4.98. The van der Waals surface area contributed by atoms with E-state index in [1.165, 1.54) is 43.8 Å². The molecule has 0 radical (unpaired) electrons. The van der Waals surface area contributed by atoms with Crippen molar-refractivity contribution in [3.63, 3.8) is 0 Å². The number of hydrogen-bond donors (Lipinski definition) is 3. The Morgan fingerprint density at radius 2 is 1.85 bits per heavy atom. The quantitative estimate of drug-likeness (QED) is 0.414. The molecule has 2 aliphatic carbocycles. The van der Waals surface area contributed by atoms with Crippen molar-refractivity contribution in [2.75, 3.05) is 42.5 Å². The Morgan fingerprint density at radius 1 is 1.10 bits per heavy atom. The van der Waals surface area contributed by atoms with E-state index in [1.807, 2.05) is 0 Å². The van der Waals surface area contributed by atoms with Crippen molar-refractivity contribution in [2.45, 2.75) is 51.7 Å². The van der Waals surface area contributed by atoms with Gasteiger partial charge in [-0.15, -0.1) is 5.53 Å². The van der Waals surface area contributed by atoms with Crippen molar-refractivity contribution in [1.82, 2.24) is 20.8 Å². The van der Waals surface area contributed by atoms with Crippen LogP contribution < -0.4 is 20.7 Å². The minimum atomic E-state index is -3.80. The molecular weight excluding hydrogens is 522 g/mol. The summed E-state index contributed by atoms with van der Waals surface area (Å²) in [5, 5.41) is 0.437. The largest absolute Gasteiger partial charge is 0.369 e. The first-order chi connectivity index (χ1) is 18.6. The molecule has 5 rings (SSSR count). The maximum Gasteiger partial charge on any atom is 0.235 e. The molecule has 4 aliphatic rings. The Morgan fingerprint density at radius 3 is 2.51 bits per heavy atom. The van der Waals surface area contributed by atoms with Gasteiger partial charge in [-0.3, -0.25) is 14.6 Å². The van der Waals surface area contributed by atoms with Gasteiger partial charge in [0.15, 0.2) is 11.6 Å². The van der Waals surface area contributed by atoms with Crippen molar-refractivity contribution in [1.29, 1.82) is 0 Å². The fourth-order valence-corrected chi connectivity index (χ4v) is 5.63. The first-order valence-corrected chi connectivity index (χ1v) is 15.3. The molecule has 3 N–H and O–H groups in total. The fourth-order valence-electron chi connectivity index (χ4n) is 4.93. The van der Waals surface area contributed by atoms with Crippen molar-refractivity contribution in [3.8, 4) is 0 Å². The van der Waals surface area contributed by atoms with Crippen LogP contribution in [0.3, 0.4) is 0 Å². The van der Waals surface area contributed by atoms with Gasteiger partial charge in [-0.05, 0) is 75.3 Å². The van der Waals surface area contributed by atoms with Crippen LogP contribution in [0.5, 0.6) is 0 Å². The Hall–Kier alpha value is -2.89. The first-order valence-electron chi connectivity index (χ1n) is 13.8. The summed E-state index contributed by atoms with van der Waals surface area (Å²) in [6.45, 7) is 10.4. The highest BCUT2D eigenvalue weighted by molar-refractivity contribution is 7.93. The smallest absolute Gasteiger partial charge is 0.235 e. The third-order valence-electron chi connectivity index (χ3n) is 7.71. The number of rotatable bonds is 9. The van der Waals surface area contributed by atoms with Gasteiger partial charge < -0.3 is 10.3 Å². The zero-order chi connectivity index (χ0) is 27.7. The fraction of sp³-hybridized carbons (Fsp3) is 0.500. The topological polar surface area (TPSA) is 80.0 Å². The standard InChI is InChI=1S/C28H38F2N6O2S/c1-4-20-7-8-22(16-23(15-20)35-13-11-34(12-14-35)17-21-5-6-21)26-18-36(33-31-26)28-24(29)9-10-25(27(28)30)32-39(37,38)19(2)3/h8-10,15-16,18-19,21,31-33H,4-7,11-14,17H2,1-3H3. The lowest BCUT2D eigenvalue weighted by molar-refractivity contribution is 0.157. The number of nitrogens with one attached hydrogen (secondary N) is 3. The highest BCUT2D eigenvalue weighted by Gasteiger charge is 2.28. The lowest BCUT2D eigenvalue weighted by atomic mass is 10.1. The molecule has 1 aromatic carbocycles. The van der Waals surface area contributed by atoms with Gasteiger partial charge >= 0.3 is 0 Å². The third kappa shape index (κ3) is 6.31. The number of benzene rings is 1. The van der Waals surface area contributed by atoms with Gasteiger partial charge in [0.25, 0.3) is 0 Å². The molecule has 0 unspecified atom stereocenters. The predicted molar refractivity (Wildman–Crippen MR) is 151 cm³/mol.